The summed E-state index contributed by atoms with van der Waals surface area (Å²) in [6, 6.07) is 12.1. The summed E-state index contributed by atoms with van der Waals surface area (Å²) in [7, 11) is 0. The van der Waals surface area contributed by atoms with E-state index in [2.05, 4.69) is 9.88 Å². The van der Waals surface area contributed by atoms with E-state index in [1.165, 1.54) is 0 Å². The number of benzene rings is 1. The molecule has 0 spiro atoms. The average Bonchev–Trinajstić information content (AvgIpc) is 2.71. The Morgan fingerprint density at radius 3 is 2.40 bits per heavy atom. The number of amides is 2. The number of pyridine rings is 1. The van der Waals surface area contributed by atoms with Crippen molar-refractivity contribution >= 4 is 28.7 Å². The van der Waals surface area contributed by atoms with E-state index >= 15 is 0 Å². The number of aryl methyl sites for hydroxylation is 1. The summed E-state index contributed by atoms with van der Waals surface area (Å²) in [5, 5.41) is 2.72. The highest BCUT2D eigenvalue weighted by atomic mass is 32.2. The zero-order valence-corrected chi connectivity index (χ0v) is 18.4. The monoisotopic (exact) mass is 428 g/mol. The van der Waals surface area contributed by atoms with E-state index in [1.54, 1.807) is 24.3 Å². The number of thioether (sulfide) groups is 1. The van der Waals surface area contributed by atoms with E-state index in [0.717, 1.165) is 31.1 Å². The Morgan fingerprint density at radius 2 is 1.73 bits per heavy atom. The minimum absolute atomic E-state index is 0.0157. The predicted octanol–water partition coefficient (Wildman–Crippen LogP) is 3.09. The average molecular weight is 429 g/mol. The van der Waals surface area contributed by atoms with Crippen LogP contribution in [-0.2, 0) is 16.1 Å². The maximum Gasteiger partial charge on any atom is 0.253 e. The second-order valence-corrected chi connectivity index (χ2v) is 8.70. The number of nitrogens with zero attached hydrogens (tertiary/aromatic N) is 1. The number of carbonyl (C=O) groups excluding carboxylic acids is 3. The van der Waals surface area contributed by atoms with Gasteiger partial charge in [-0.05, 0) is 30.9 Å². The van der Waals surface area contributed by atoms with Crippen LogP contribution in [0.4, 0.5) is 0 Å². The van der Waals surface area contributed by atoms with Gasteiger partial charge in [0, 0.05) is 29.9 Å². The van der Waals surface area contributed by atoms with Crippen molar-refractivity contribution in [2.24, 2.45) is 11.7 Å². The SMILES string of the molecule is CC(C)CC(NC(=O)c1ccccc1SC(=O)CCCC[n+]1ccccc1)C(N)=O. The lowest BCUT2D eigenvalue weighted by atomic mass is 10.0. The van der Waals surface area contributed by atoms with Gasteiger partial charge in [0.1, 0.15) is 12.6 Å². The summed E-state index contributed by atoms with van der Waals surface area (Å²) in [5.41, 5.74) is 5.81. The molecule has 2 rings (SSSR count). The fourth-order valence-corrected chi connectivity index (χ4v) is 3.93. The van der Waals surface area contributed by atoms with Gasteiger partial charge in [-0.25, -0.2) is 4.57 Å². The van der Waals surface area contributed by atoms with Crippen molar-refractivity contribution in [1.82, 2.24) is 5.32 Å². The summed E-state index contributed by atoms with van der Waals surface area (Å²) in [6.45, 7) is 4.78. The Hall–Kier alpha value is -2.67. The van der Waals surface area contributed by atoms with Crippen LogP contribution in [0.2, 0.25) is 0 Å². The van der Waals surface area contributed by atoms with E-state index in [9.17, 15) is 14.4 Å². The number of aromatic nitrogens is 1. The molecule has 0 aliphatic carbocycles. The first kappa shape index (κ1) is 23.6. The first-order valence-electron chi connectivity index (χ1n) is 10.2. The minimum atomic E-state index is -0.734. The smallest absolute Gasteiger partial charge is 0.253 e. The zero-order valence-electron chi connectivity index (χ0n) is 17.5. The molecule has 1 unspecified atom stereocenters. The number of primary amides is 1. The van der Waals surface area contributed by atoms with Gasteiger partial charge in [-0.2, -0.15) is 0 Å². The Morgan fingerprint density at radius 1 is 1.03 bits per heavy atom. The predicted molar refractivity (Wildman–Crippen MR) is 118 cm³/mol. The molecule has 3 N–H and O–H groups in total. The van der Waals surface area contributed by atoms with Crippen molar-refractivity contribution in [1.29, 1.82) is 0 Å². The van der Waals surface area contributed by atoms with Crippen LogP contribution in [0, 0.1) is 5.92 Å². The van der Waals surface area contributed by atoms with Crippen molar-refractivity contribution in [3.05, 3.63) is 60.4 Å². The number of nitrogens with two attached hydrogens (primary N) is 1. The number of hydrogen-bond acceptors (Lipinski definition) is 4. The first-order valence-corrected chi connectivity index (χ1v) is 11.0. The van der Waals surface area contributed by atoms with Crippen LogP contribution in [0.15, 0.2) is 59.8 Å². The van der Waals surface area contributed by atoms with Gasteiger partial charge in [-0.3, -0.25) is 14.4 Å². The summed E-state index contributed by atoms with van der Waals surface area (Å²) >= 11 is 1.07. The summed E-state index contributed by atoms with van der Waals surface area (Å²) in [6.07, 6.45) is 6.59. The molecule has 0 radical (unpaired) electrons. The summed E-state index contributed by atoms with van der Waals surface area (Å²) < 4.78 is 2.09. The van der Waals surface area contributed by atoms with Gasteiger partial charge < -0.3 is 11.1 Å². The lowest BCUT2D eigenvalue weighted by Gasteiger charge is -2.18. The van der Waals surface area contributed by atoms with Crippen molar-refractivity contribution in [2.45, 2.75) is 57.0 Å². The molecule has 0 fully saturated rings. The van der Waals surface area contributed by atoms with Gasteiger partial charge in [0.15, 0.2) is 17.5 Å². The van der Waals surface area contributed by atoms with Crippen LogP contribution in [0.1, 0.15) is 49.9 Å². The van der Waals surface area contributed by atoms with Crippen LogP contribution < -0.4 is 15.6 Å². The second-order valence-electron chi connectivity index (χ2n) is 7.60. The maximum atomic E-state index is 12.7. The maximum absolute atomic E-state index is 12.7. The Bertz CT molecular complexity index is 856. The normalized spacial score (nSPS) is 11.8. The molecule has 1 aromatic carbocycles. The molecule has 2 amide bonds. The molecule has 7 heteroatoms. The van der Waals surface area contributed by atoms with Crippen LogP contribution in [0.25, 0.3) is 0 Å². The topological polar surface area (TPSA) is 93.1 Å². The lowest BCUT2D eigenvalue weighted by Crippen LogP contribution is -2.45. The molecule has 1 aromatic heterocycles. The first-order chi connectivity index (χ1) is 14.4. The van der Waals surface area contributed by atoms with Crippen molar-refractivity contribution in [3.8, 4) is 0 Å². The quantitative estimate of drug-likeness (QED) is 0.327. The van der Waals surface area contributed by atoms with Gasteiger partial charge in [-0.1, -0.05) is 43.8 Å². The molecule has 160 valence electrons. The van der Waals surface area contributed by atoms with E-state index in [0.29, 0.717) is 23.3 Å². The molecule has 0 saturated carbocycles. The number of unbranched alkanes of at least 4 members (excludes halogenated alkanes) is 1. The lowest BCUT2D eigenvalue weighted by molar-refractivity contribution is -0.697. The molecule has 0 aliphatic rings. The minimum Gasteiger partial charge on any atom is -0.368 e. The van der Waals surface area contributed by atoms with E-state index in [1.807, 2.05) is 44.4 Å². The van der Waals surface area contributed by atoms with Gasteiger partial charge >= 0.3 is 0 Å². The molecular formula is C23H30N3O3S+. The molecule has 1 heterocycles. The van der Waals surface area contributed by atoms with Crippen LogP contribution in [0.5, 0.6) is 0 Å². The zero-order chi connectivity index (χ0) is 21.9. The largest absolute Gasteiger partial charge is 0.368 e. The number of carbonyl (C=O) groups is 3. The molecule has 6 nitrogen and oxygen atoms in total. The van der Waals surface area contributed by atoms with Gasteiger partial charge in [0.05, 0.1) is 5.56 Å². The fraction of sp³-hybridized carbons (Fsp3) is 0.391. The van der Waals surface area contributed by atoms with Crippen LogP contribution >= 0.6 is 11.8 Å². The Labute approximate surface area is 182 Å². The van der Waals surface area contributed by atoms with Crippen molar-refractivity contribution in [3.63, 3.8) is 0 Å². The van der Waals surface area contributed by atoms with E-state index in [4.69, 9.17) is 5.73 Å². The van der Waals surface area contributed by atoms with Crippen molar-refractivity contribution < 1.29 is 19.0 Å². The Balaban J connectivity index is 1.91. The molecular weight excluding hydrogens is 398 g/mol. The fourth-order valence-electron chi connectivity index (χ4n) is 3.02. The molecule has 0 bridgehead atoms. The highest BCUT2D eigenvalue weighted by Crippen LogP contribution is 2.25. The number of nitrogens with one attached hydrogen (secondary N) is 1. The highest BCUT2D eigenvalue weighted by molar-refractivity contribution is 8.13. The molecule has 1 atom stereocenters. The van der Waals surface area contributed by atoms with Gasteiger partial charge in [0.2, 0.25) is 5.91 Å². The molecule has 0 aliphatic heterocycles. The number of hydrogen-bond donors (Lipinski definition) is 2. The summed E-state index contributed by atoms with van der Waals surface area (Å²) in [4.78, 5) is 37.4. The third-order valence-corrected chi connectivity index (χ3v) is 5.54. The molecule has 0 saturated heterocycles. The molecule has 30 heavy (non-hydrogen) atoms. The summed E-state index contributed by atoms with van der Waals surface area (Å²) in [5.74, 6) is -0.742. The van der Waals surface area contributed by atoms with Gasteiger partial charge in [-0.15, -0.1) is 0 Å². The Kier molecular flexibility index (Phi) is 9.54. The van der Waals surface area contributed by atoms with E-state index < -0.39 is 17.9 Å². The van der Waals surface area contributed by atoms with Crippen LogP contribution in [-0.4, -0.2) is 23.0 Å². The van der Waals surface area contributed by atoms with E-state index in [-0.39, 0.29) is 11.0 Å². The van der Waals surface area contributed by atoms with Crippen LogP contribution in [0.3, 0.4) is 0 Å². The third kappa shape index (κ3) is 7.99. The second kappa shape index (κ2) is 12.1. The van der Waals surface area contributed by atoms with Crippen molar-refractivity contribution in [2.75, 3.05) is 0 Å². The molecule has 2 aromatic rings. The van der Waals surface area contributed by atoms with Gasteiger partial charge in [0.25, 0.3) is 5.91 Å². The number of rotatable bonds is 11. The highest BCUT2D eigenvalue weighted by Gasteiger charge is 2.22. The third-order valence-electron chi connectivity index (χ3n) is 4.54. The standard InChI is InChI=1S/C23H29N3O3S/c1-17(2)16-19(22(24)28)25-23(29)18-10-4-5-11-20(18)30-21(27)12-6-9-15-26-13-7-3-8-14-26/h3-5,7-8,10-11,13-14,17,19H,6,9,12,15-16H2,1-2H3,(H2-,24,25,28,29)/p+1.